The van der Waals surface area contributed by atoms with E-state index >= 15 is 0 Å². The maximum absolute atomic E-state index is 6.31. The van der Waals surface area contributed by atoms with Crippen LogP contribution in [0, 0.1) is 0 Å². The molecule has 2 aliphatic rings. The lowest BCUT2D eigenvalue weighted by molar-refractivity contribution is -0.0594. The SMILES string of the molecule is c1ccn(NCC2CCC3(CCCCC3)O2)c1. The van der Waals surface area contributed by atoms with Gasteiger partial charge < -0.3 is 10.2 Å². The Morgan fingerprint density at radius 2 is 1.88 bits per heavy atom. The molecule has 1 spiro atoms. The van der Waals surface area contributed by atoms with Crippen LogP contribution in [0.25, 0.3) is 0 Å². The second-order valence-corrected chi connectivity index (χ2v) is 5.47. The minimum Gasteiger partial charge on any atom is -0.370 e. The van der Waals surface area contributed by atoms with Crippen LogP contribution in [-0.4, -0.2) is 22.9 Å². The second-order valence-electron chi connectivity index (χ2n) is 5.47. The lowest BCUT2D eigenvalue weighted by atomic mass is 9.83. The minimum absolute atomic E-state index is 0.251. The lowest BCUT2D eigenvalue weighted by Crippen LogP contribution is -2.34. The summed E-state index contributed by atoms with van der Waals surface area (Å²) < 4.78 is 8.32. The average molecular weight is 234 g/mol. The Morgan fingerprint density at radius 3 is 2.65 bits per heavy atom. The van der Waals surface area contributed by atoms with Gasteiger partial charge >= 0.3 is 0 Å². The van der Waals surface area contributed by atoms with E-state index in [0.717, 1.165) is 6.54 Å². The van der Waals surface area contributed by atoms with Gasteiger partial charge in [-0.25, -0.2) is 0 Å². The summed E-state index contributed by atoms with van der Waals surface area (Å²) in [6.45, 7) is 0.927. The molecular formula is C14H22N2O. The van der Waals surface area contributed by atoms with E-state index in [2.05, 4.69) is 5.43 Å². The van der Waals surface area contributed by atoms with Gasteiger partial charge in [0.1, 0.15) is 0 Å². The fraction of sp³-hybridized carbons (Fsp3) is 0.714. The molecule has 1 aliphatic heterocycles. The highest BCUT2D eigenvalue weighted by atomic mass is 16.5. The van der Waals surface area contributed by atoms with Crippen molar-refractivity contribution in [1.82, 2.24) is 4.68 Å². The van der Waals surface area contributed by atoms with Crippen molar-refractivity contribution in [2.45, 2.75) is 56.7 Å². The fourth-order valence-electron chi connectivity index (χ4n) is 3.25. The molecule has 0 aromatic carbocycles. The van der Waals surface area contributed by atoms with Crippen molar-refractivity contribution in [3.8, 4) is 0 Å². The molecule has 94 valence electrons. The molecule has 1 aromatic rings. The highest BCUT2D eigenvalue weighted by Gasteiger charge is 2.40. The van der Waals surface area contributed by atoms with Crippen LogP contribution in [0.4, 0.5) is 0 Å². The number of nitrogens with one attached hydrogen (secondary N) is 1. The number of hydrogen-bond acceptors (Lipinski definition) is 2. The number of hydrogen-bond donors (Lipinski definition) is 1. The van der Waals surface area contributed by atoms with Crippen LogP contribution in [0.3, 0.4) is 0 Å². The van der Waals surface area contributed by atoms with Gasteiger partial charge in [-0.1, -0.05) is 19.3 Å². The molecule has 2 fully saturated rings. The van der Waals surface area contributed by atoms with Gasteiger partial charge in [-0.05, 0) is 37.8 Å². The van der Waals surface area contributed by atoms with E-state index in [0.29, 0.717) is 6.10 Å². The molecule has 3 heteroatoms. The molecule has 0 radical (unpaired) electrons. The van der Waals surface area contributed by atoms with E-state index in [9.17, 15) is 0 Å². The van der Waals surface area contributed by atoms with E-state index in [1.54, 1.807) is 0 Å². The summed E-state index contributed by atoms with van der Waals surface area (Å²) in [5.41, 5.74) is 3.63. The summed E-state index contributed by atoms with van der Waals surface area (Å²) in [7, 11) is 0. The molecule has 3 rings (SSSR count). The van der Waals surface area contributed by atoms with E-state index in [4.69, 9.17) is 4.74 Å². The van der Waals surface area contributed by atoms with Crippen LogP contribution >= 0.6 is 0 Å². The van der Waals surface area contributed by atoms with Gasteiger partial charge in [0.15, 0.2) is 0 Å². The molecule has 1 saturated heterocycles. The van der Waals surface area contributed by atoms with Crippen molar-refractivity contribution in [2.75, 3.05) is 12.0 Å². The van der Waals surface area contributed by atoms with Gasteiger partial charge in [0, 0.05) is 12.4 Å². The Balaban J connectivity index is 1.50. The fourth-order valence-corrected chi connectivity index (χ4v) is 3.25. The number of rotatable bonds is 3. The molecule has 1 N–H and O–H groups in total. The zero-order chi connectivity index (χ0) is 11.6. The van der Waals surface area contributed by atoms with Crippen molar-refractivity contribution in [2.24, 2.45) is 0 Å². The first-order valence-electron chi connectivity index (χ1n) is 6.91. The van der Waals surface area contributed by atoms with E-state index in [1.165, 1.54) is 44.9 Å². The second kappa shape index (κ2) is 4.73. The lowest BCUT2D eigenvalue weighted by Gasteiger charge is -2.33. The van der Waals surface area contributed by atoms with Crippen molar-refractivity contribution in [1.29, 1.82) is 0 Å². The topological polar surface area (TPSA) is 26.2 Å². The molecule has 1 unspecified atom stereocenters. The predicted molar refractivity (Wildman–Crippen MR) is 68.6 cm³/mol. The minimum atomic E-state index is 0.251. The standard InChI is InChI=1S/C14H22N2O/c1-2-7-14(8-3-1)9-6-13(17-14)12-15-16-10-4-5-11-16/h4-5,10-11,13,15H,1-3,6-9,12H2. The molecular weight excluding hydrogens is 212 g/mol. The van der Waals surface area contributed by atoms with E-state index in [-0.39, 0.29) is 5.60 Å². The molecule has 0 bridgehead atoms. The van der Waals surface area contributed by atoms with Crippen molar-refractivity contribution in [3.05, 3.63) is 24.5 Å². The quantitative estimate of drug-likeness (QED) is 0.870. The Labute approximate surface area is 103 Å². The zero-order valence-electron chi connectivity index (χ0n) is 10.4. The smallest absolute Gasteiger partial charge is 0.0772 e. The van der Waals surface area contributed by atoms with Gasteiger partial charge in [0.2, 0.25) is 0 Å². The Hall–Kier alpha value is -0.960. The molecule has 17 heavy (non-hydrogen) atoms. The van der Waals surface area contributed by atoms with Crippen molar-refractivity contribution < 1.29 is 4.74 Å². The maximum Gasteiger partial charge on any atom is 0.0772 e. The Morgan fingerprint density at radius 1 is 1.12 bits per heavy atom. The highest BCUT2D eigenvalue weighted by Crippen LogP contribution is 2.41. The predicted octanol–water partition coefficient (Wildman–Crippen LogP) is 2.91. The summed E-state index contributed by atoms with van der Waals surface area (Å²) >= 11 is 0. The van der Waals surface area contributed by atoms with Gasteiger partial charge in [-0.2, -0.15) is 0 Å². The van der Waals surface area contributed by atoms with Crippen molar-refractivity contribution in [3.63, 3.8) is 0 Å². The maximum atomic E-state index is 6.31. The van der Waals surface area contributed by atoms with E-state index in [1.807, 2.05) is 29.2 Å². The largest absolute Gasteiger partial charge is 0.370 e. The first kappa shape index (κ1) is 11.1. The zero-order valence-corrected chi connectivity index (χ0v) is 10.4. The highest BCUT2D eigenvalue weighted by molar-refractivity contribution is 4.96. The van der Waals surface area contributed by atoms with Crippen LogP contribution in [0.1, 0.15) is 44.9 Å². The summed E-state index contributed by atoms with van der Waals surface area (Å²) in [6.07, 6.45) is 13.6. The van der Waals surface area contributed by atoms with Crippen LogP contribution in [0.2, 0.25) is 0 Å². The number of nitrogens with zero attached hydrogens (tertiary/aromatic N) is 1. The van der Waals surface area contributed by atoms with Crippen molar-refractivity contribution >= 4 is 0 Å². The van der Waals surface area contributed by atoms with Gasteiger partial charge in [-0.15, -0.1) is 0 Å². The third kappa shape index (κ3) is 2.49. The van der Waals surface area contributed by atoms with Crippen LogP contribution in [-0.2, 0) is 4.74 Å². The molecule has 3 nitrogen and oxygen atoms in total. The van der Waals surface area contributed by atoms with Crippen LogP contribution in [0.15, 0.2) is 24.5 Å². The first-order chi connectivity index (χ1) is 8.36. The normalized spacial score (nSPS) is 27.4. The van der Waals surface area contributed by atoms with Gasteiger partial charge in [-0.3, -0.25) is 4.68 Å². The van der Waals surface area contributed by atoms with E-state index < -0.39 is 0 Å². The number of ether oxygens (including phenoxy) is 1. The summed E-state index contributed by atoms with van der Waals surface area (Å²) in [4.78, 5) is 0. The average Bonchev–Trinajstić information content (AvgIpc) is 2.98. The number of aromatic nitrogens is 1. The first-order valence-corrected chi connectivity index (χ1v) is 6.91. The summed E-state index contributed by atoms with van der Waals surface area (Å²) in [5.74, 6) is 0. The third-order valence-electron chi connectivity index (χ3n) is 4.21. The monoisotopic (exact) mass is 234 g/mol. The molecule has 1 aromatic heterocycles. The Bertz CT molecular complexity index is 341. The Kier molecular flexibility index (Phi) is 3.10. The molecule has 1 atom stereocenters. The van der Waals surface area contributed by atoms with Crippen LogP contribution < -0.4 is 5.43 Å². The molecule has 1 saturated carbocycles. The van der Waals surface area contributed by atoms with Gasteiger partial charge in [0.05, 0.1) is 18.2 Å². The summed E-state index contributed by atoms with van der Waals surface area (Å²) in [6, 6.07) is 4.07. The van der Waals surface area contributed by atoms with Gasteiger partial charge in [0.25, 0.3) is 0 Å². The molecule has 0 amide bonds. The summed E-state index contributed by atoms with van der Waals surface area (Å²) in [5, 5.41) is 0. The molecule has 2 heterocycles. The van der Waals surface area contributed by atoms with Crippen LogP contribution in [0.5, 0.6) is 0 Å². The molecule has 1 aliphatic carbocycles. The third-order valence-corrected chi connectivity index (χ3v) is 4.21.